The molecular weight excluding hydrogens is 302 g/mol. The fourth-order valence-corrected chi connectivity index (χ4v) is 3.67. The topological polar surface area (TPSA) is 21.3 Å². The first-order valence-corrected chi connectivity index (χ1v) is 7.71. The molecule has 0 amide bonds. The van der Waals surface area contributed by atoms with Crippen LogP contribution in [0.5, 0.6) is 0 Å². The minimum absolute atomic E-state index is 0.0468. The molecule has 2 rings (SSSR count). The zero-order valence-corrected chi connectivity index (χ0v) is 14.0. The van der Waals surface area contributed by atoms with E-state index in [4.69, 9.17) is 4.74 Å². The van der Waals surface area contributed by atoms with Gasteiger partial charge < -0.3 is 10.1 Å². The van der Waals surface area contributed by atoms with Gasteiger partial charge in [-0.05, 0) is 52.7 Å². The zero-order valence-electron chi connectivity index (χ0n) is 12.5. The van der Waals surface area contributed by atoms with E-state index >= 15 is 0 Å². The lowest BCUT2D eigenvalue weighted by atomic mass is 9.93. The van der Waals surface area contributed by atoms with Crippen LogP contribution in [0.3, 0.4) is 0 Å². The van der Waals surface area contributed by atoms with Gasteiger partial charge in [0.25, 0.3) is 0 Å². The molecule has 1 N–H and O–H groups in total. The van der Waals surface area contributed by atoms with Gasteiger partial charge in [-0.2, -0.15) is 0 Å². The summed E-state index contributed by atoms with van der Waals surface area (Å²) in [5.74, 6) is 0. The molecule has 0 aliphatic carbocycles. The summed E-state index contributed by atoms with van der Waals surface area (Å²) in [4.78, 5) is 0. The Morgan fingerprint density at radius 2 is 1.89 bits per heavy atom. The second-order valence-electron chi connectivity index (χ2n) is 6.63. The molecule has 1 heterocycles. The maximum atomic E-state index is 6.14. The Hall–Kier alpha value is -0.380. The van der Waals surface area contributed by atoms with Crippen LogP contribution in [0.2, 0.25) is 0 Å². The lowest BCUT2D eigenvalue weighted by Crippen LogP contribution is -2.44. The van der Waals surface area contributed by atoms with Crippen molar-refractivity contribution in [3.05, 3.63) is 34.3 Å². The first kappa shape index (κ1) is 15.0. The second kappa shape index (κ2) is 5.19. The molecule has 1 unspecified atom stereocenters. The van der Waals surface area contributed by atoms with Crippen molar-refractivity contribution < 1.29 is 4.74 Å². The largest absolute Gasteiger partial charge is 0.368 e. The van der Waals surface area contributed by atoms with Crippen LogP contribution in [-0.2, 0) is 4.74 Å². The SMILES string of the molecule is C[C@H](NC1CC(C)(C)OC1(C)C)c1ccccc1Br. The van der Waals surface area contributed by atoms with Crippen LogP contribution in [0.4, 0.5) is 0 Å². The summed E-state index contributed by atoms with van der Waals surface area (Å²) in [6.07, 6.45) is 1.04. The van der Waals surface area contributed by atoms with E-state index < -0.39 is 0 Å². The number of halogens is 1. The highest BCUT2D eigenvalue weighted by molar-refractivity contribution is 9.10. The molecule has 1 saturated heterocycles. The molecule has 0 aromatic heterocycles. The Balaban J connectivity index is 2.12. The van der Waals surface area contributed by atoms with Crippen molar-refractivity contribution in [3.8, 4) is 0 Å². The molecule has 0 bridgehead atoms. The van der Waals surface area contributed by atoms with Crippen molar-refractivity contribution in [1.29, 1.82) is 0 Å². The predicted octanol–water partition coefficient (Wildman–Crippen LogP) is 4.45. The normalized spacial score (nSPS) is 26.3. The van der Waals surface area contributed by atoms with Crippen LogP contribution in [0, 0.1) is 0 Å². The van der Waals surface area contributed by atoms with E-state index in [1.165, 1.54) is 5.56 Å². The maximum absolute atomic E-state index is 6.14. The molecule has 106 valence electrons. The summed E-state index contributed by atoms with van der Waals surface area (Å²) in [6.45, 7) is 10.9. The third-order valence-electron chi connectivity index (χ3n) is 3.90. The molecule has 1 aliphatic heterocycles. The van der Waals surface area contributed by atoms with Crippen LogP contribution in [0.1, 0.15) is 52.6 Å². The molecule has 1 aliphatic rings. The predicted molar refractivity (Wildman–Crippen MR) is 83.3 cm³/mol. The van der Waals surface area contributed by atoms with E-state index in [-0.39, 0.29) is 11.2 Å². The van der Waals surface area contributed by atoms with Gasteiger partial charge in [-0.25, -0.2) is 0 Å². The van der Waals surface area contributed by atoms with Gasteiger partial charge in [0.2, 0.25) is 0 Å². The number of hydrogen-bond donors (Lipinski definition) is 1. The number of ether oxygens (including phenoxy) is 1. The van der Waals surface area contributed by atoms with E-state index in [2.05, 4.69) is 74.1 Å². The van der Waals surface area contributed by atoms with Gasteiger partial charge in [0.1, 0.15) is 0 Å². The van der Waals surface area contributed by atoms with E-state index in [9.17, 15) is 0 Å². The van der Waals surface area contributed by atoms with E-state index in [1.807, 2.05) is 6.07 Å². The first-order valence-electron chi connectivity index (χ1n) is 6.92. The Kier molecular flexibility index (Phi) is 4.10. The minimum Gasteiger partial charge on any atom is -0.368 e. The van der Waals surface area contributed by atoms with Gasteiger partial charge in [-0.3, -0.25) is 0 Å². The Morgan fingerprint density at radius 3 is 2.42 bits per heavy atom. The molecule has 0 saturated carbocycles. The maximum Gasteiger partial charge on any atom is 0.0787 e. The molecule has 1 aromatic carbocycles. The summed E-state index contributed by atoms with van der Waals surface area (Å²) in [7, 11) is 0. The molecule has 2 atom stereocenters. The summed E-state index contributed by atoms with van der Waals surface area (Å²) in [5, 5.41) is 3.73. The summed E-state index contributed by atoms with van der Waals surface area (Å²) in [6, 6.07) is 9.05. The second-order valence-corrected chi connectivity index (χ2v) is 7.49. The van der Waals surface area contributed by atoms with Crippen LogP contribution >= 0.6 is 15.9 Å². The van der Waals surface area contributed by atoms with Crippen molar-refractivity contribution in [2.45, 2.75) is 64.3 Å². The Labute approximate surface area is 125 Å². The number of rotatable bonds is 3. The van der Waals surface area contributed by atoms with Crippen LogP contribution in [0.25, 0.3) is 0 Å². The van der Waals surface area contributed by atoms with Crippen molar-refractivity contribution in [1.82, 2.24) is 5.32 Å². The smallest absolute Gasteiger partial charge is 0.0787 e. The highest BCUT2D eigenvalue weighted by Gasteiger charge is 2.46. The van der Waals surface area contributed by atoms with Crippen LogP contribution in [-0.4, -0.2) is 17.2 Å². The number of nitrogens with one attached hydrogen (secondary N) is 1. The van der Waals surface area contributed by atoms with Gasteiger partial charge in [0, 0.05) is 16.6 Å². The molecule has 19 heavy (non-hydrogen) atoms. The van der Waals surface area contributed by atoms with Gasteiger partial charge in [-0.1, -0.05) is 34.1 Å². The quantitative estimate of drug-likeness (QED) is 0.886. The van der Waals surface area contributed by atoms with Gasteiger partial charge in [0.15, 0.2) is 0 Å². The van der Waals surface area contributed by atoms with Crippen LogP contribution in [0.15, 0.2) is 28.7 Å². The van der Waals surface area contributed by atoms with E-state index in [0.717, 1.165) is 10.9 Å². The molecular formula is C16H24BrNO. The minimum atomic E-state index is -0.126. The monoisotopic (exact) mass is 325 g/mol. The zero-order chi connectivity index (χ0) is 14.3. The first-order chi connectivity index (χ1) is 8.71. The third kappa shape index (κ3) is 3.39. The number of benzene rings is 1. The van der Waals surface area contributed by atoms with Crippen molar-refractivity contribution in [3.63, 3.8) is 0 Å². The third-order valence-corrected chi connectivity index (χ3v) is 4.62. The average Bonchev–Trinajstić information content (AvgIpc) is 2.47. The Bertz CT molecular complexity index is 456. The summed E-state index contributed by atoms with van der Waals surface area (Å²) < 4.78 is 7.30. The molecule has 1 aromatic rings. The lowest BCUT2D eigenvalue weighted by Gasteiger charge is -2.30. The highest BCUT2D eigenvalue weighted by atomic mass is 79.9. The standard InChI is InChI=1S/C16H24BrNO/c1-11(12-8-6-7-9-13(12)17)18-14-10-15(2,3)19-16(14,4)5/h6-9,11,14,18H,10H2,1-5H3/t11-,14?/m0/s1. The fraction of sp³-hybridized carbons (Fsp3) is 0.625. The average molecular weight is 326 g/mol. The van der Waals surface area contributed by atoms with E-state index in [1.54, 1.807) is 0 Å². The van der Waals surface area contributed by atoms with E-state index in [0.29, 0.717) is 12.1 Å². The lowest BCUT2D eigenvalue weighted by molar-refractivity contribution is -0.0703. The van der Waals surface area contributed by atoms with Gasteiger partial charge >= 0.3 is 0 Å². The Morgan fingerprint density at radius 1 is 1.26 bits per heavy atom. The molecule has 0 spiro atoms. The summed E-state index contributed by atoms with van der Waals surface area (Å²) >= 11 is 3.63. The van der Waals surface area contributed by atoms with Crippen molar-refractivity contribution in [2.24, 2.45) is 0 Å². The molecule has 3 heteroatoms. The van der Waals surface area contributed by atoms with Crippen molar-refractivity contribution >= 4 is 15.9 Å². The molecule has 1 fully saturated rings. The van der Waals surface area contributed by atoms with Gasteiger partial charge in [-0.15, -0.1) is 0 Å². The number of hydrogen-bond acceptors (Lipinski definition) is 2. The fourth-order valence-electron chi connectivity index (χ4n) is 3.04. The summed E-state index contributed by atoms with van der Waals surface area (Å²) in [5.41, 5.74) is 1.12. The molecule has 0 radical (unpaired) electrons. The van der Waals surface area contributed by atoms with Crippen LogP contribution < -0.4 is 5.32 Å². The highest BCUT2D eigenvalue weighted by Crippen LogP contribution is 2.38. The molecule has 2 nitrogen and oxygen atoms in total. The van der Waals surface area contributed by atoms with Gasteiger partial charge in [0.05, 0.1) is 11.2 Å². The van der Waals surface area contributed by atoms with Crippen molar-refractivity contribution in [2.75, 3.05) is 0 Å².